The molecular formula is C14H9BrClFN2O2. The molecule has 108 valence electrons. The zero-order chi connectivity index (χ0) is 15.4. The third kappa shape index (κ3) is 4.03. The van der Waals surface area contributed by atoms with Crippen LogP contribution >= 0.6 is 27.5 Å². The van der Waals surface area contributed by atoms with Crippen LogP contribution in [0.15, 0.2) is 46.0 Å². The van der Waals surface area contributed by atoms with Crippen molar-refractivity contribution in [2.45, 2.75) is 0 Å². The van der Waals surface area contributed by atoms with Gasteiger partial charge in [-0.15, -0.1) is 0 Å². The molecule has 2 N–H and O–H groups in total. The van der Waals surface area contributed by atoms with Crippen molar-refractivity contribution in [3.05, 3.63) is 62.8 Å². The van der Waals surface area contributed by atoms with Crippen molar-refractivity contribution in [1.82, 2.24) is 5.43 Å². The minimum absolute atomic E-state index is 0.0526. The van der Waals surface area contributed by atoms with Gasteiger partial charge in [0.15, 0.2) is 0 Å². The van der Waals surface area contributed by atoms with Crippen LogP contribution < -0.4 is 5.43 Å². The average Bonchev–Trinajstić information content (AvgIpc) is 2.43. The highest BCUT2D eigenvalue weighted by atomic mass is 79.9. The molecule has 0 saturated heterocycles. The highest BCUT2D eigenvalue weighted by Crippen LogP contribution is 2.30. The molecule has 2 rings (SSSR count). The molecule has 0 radical (unpaired) electrons. The van der Waals surface area contributed by atoms with Crippen LogP contribution in [-0.4, -0.2) is 17.2 Å². The number of hydrazone groups is 1. The second kappa shape index (κ2) is 6.69. The Morgan fingerprint density at radius 2 is 2.14 bits per heavy atom. The van der Waals surface area contributed by atoms with Crippen molar-refractivity contribution in [3.8, 4) is 5.75 Å². The summed E-state index contributed by atoms with van der Waals surface area (Å²) in [6.07, 6.45) is 1.24. The van der Waals surface area contributed by atoms with Gasteiger partial charge in [0.25, 0.3) is 5.91 Å². The standard InChI is InChI=1S/C14H9BrClFN2O2/c15-12-6-10(16)4-9(13(12)20)7-18-19-14(21)8-2-1-3-11(17)5-8/h1-7,20H,(H,19,21)/b18-7+. The lowest BCUT2D eigenvalue weighted by Crippen LogP contribution is -2.17. The predicted octanol–water partition coefficient (Wildman–Crippen LogP) is 3.71. The molecular weight excluding hydrogens is 363 g/mol. The number of rotatable bonds is 3. The second-order valence-electron chi connectivity index (χ2n) is 4.03. The number of phenolic OH excluding ortho intramolecular Hbond substituents is 1. The fraction of sp³-hybridized carbons (Fsp3) is 0. The van der Waals surface area contributed by atoms with Crippen LogP contribution in [0.2, 0.25) is 5.02 Å². The Labute approximate surface area is 133 Å². The molecule has 0 aliphatic carbocycles. The van der Waals surface area contributed by atoms with Gasteiger partial charge in [-0.3, -0.25) is 4.79 Å². The first kappa shape index (κ1) is 15.5. The van der Waals surface area contributed by atoms with Gasteiger partial charge in [0, 0.05) is 16.1 Å². The molecule has 4 nitrogen and oxygen atoms in total. The quantitative estimate of drug-likeness (QED) is 0.638. The Morgan fingerprint density at radius 3 is 2.86 bits per heavy atom. The van der Waals surface area contributed by atoms with Gasteiger partial charge in [0.1, 0.15) is 11.6 Å². The van der Waals surface area contributed by atoms with Crippen molar-refractivity contribution in [3.63, 3.8) is 0 Å². The molecule has 0 atom stereocenters. The summed E-state index contributed by atoms with van der Waals surface area (Å²) >= 11 is 8.98. The van der Waals surface area contributed by atoms with E-state index in [1.807, 2.05) is 0 Å². The Morgan fingerprint density at radius 1 is 1.38 bits per heavy atom. The molecule has 0 aliphatic rings. The summed E-state index contributed by atoms with van der Waals surface area (Å²) in [5.41, 5.74) is 2.71. The Kier molecular flexibility index (Phi) is 4.93. The van der Waals surface area contributed by atoms with Gasteiger partial charge in [0.2, 0.25) is 0 Å². The first-order valence-electron chi connectivity index (χ1n) is 5.74. The van der Waals surface area contributed by atoms with E-state index in [0.29, 0.717) is 15.1 Å². The van der Waals surface area contributed by atoms with Gasteiger partial charge in [-0.1, -0.05) is 17.7 Å². The maximum Gasteiger partial charge on any atom is 0.271 e. The van der Waals surface area contributed by atoms with Crippen molar-refractivity contribution in [2.75, 3.05) is 0 Å². The van der Waals surface area contributed by atoms with Crippen LogP contribution in [0, 0.1) is 5.82 Å². The molecule has 21 heavy (non-hydrogen) atoms. The van der Waals surface area contributed by atoms with Crippen molar-refractivity contribution < 1.29 is 14.3 Å². The molecule has 1 amide bonds. The van der Waals surface area contributed by atoms with E-state index in [4.69, 9.17) is 11.6 Å². The van der Waals surface area contributed by atoms with E-state index < -0.39 is 11.7 Å². The van der Waals surface area contributed by atoms with E-state index in [0.717, 1.165) is 6.07 Å². The maximum absolute atomic E-state index is 13.0. The molecule has 0 fully saturated rings. The Hall–Kier alpha value is -1.92. The van der Waals surface area contributed by atoms with E-state index in [1.165, 1.54) is 36.5 Å². The summed E-state index contributed by atoms with van der Waals surface area (Å²) in [7, 11) is 0. The largest absolute Gasteiger partial charge is 0.506 e. The van der Waals surface area contributed by atoms with Crippen LogP contribution in [0.25, 0.3) is 0 Å². The van der Waals surface area contributed by atoms with Gasteiger partial charge in [-0.25, -0.2) is 9.82 Å². The van der Waals surface area contributed by atoms with Gasteiger partial charge in [-0.05, 0) is 46.3 Å². The number of nitrogens with one attached hydrogen (secondary N) is 1. The third-order valence-electron chi connectivity index (χ3n) is 2.51. The number of benzene rings is 2. The van der Waals surface area contributed by atoms with E-state index in [2.05, 4.69) is 26.5 Å². The molecule has 7 heteroatoms. The Balaban J connectivity index is 2.11. The molecule has 0 spiro atoms. The molecule has 0 aromatic heterocycles. The molecule has 2 aromatic rings. The fourth-order valence-corrected chi connectivity index (χ4v) is 2.37. The van der Waals surface area contributed by atoms with E-state index >= 15 is 0 Å². The first-order chi connectivity index (χ1) is 9.97. The van der Waals surface area contributed by atoms with Gasteiger partial charge >= 0.3 is 0 Å². The lowest BCUT2D eigenvalue weighted by molar-refractivity contribution is 0.0954. The highest BCUT2D eigenvalue weighted by molar-refractivity contribution is 9.10. The number of nitrogens with zero attached hydrogens (tertiary/aromatic N) is 1. The number of hydrogen-bond donors (Lipinski definition) is 2. The molecule has 0 bridgehead atoms. The monoisotopic (exact) mass is 370 g/mol. The summed E-state index contributed by atoms with van der Waals surface area (Å²) in [6, 6.07) is 8.23. The summed E-state index contributed by atoms with van der Waals surface area (Å²) in [5.74, 6) is -1.13. The van der Waals surface area contributed by atoms with E-state index in [1.54, 1.807) is 0 Å². The normalized spacial score (nSPS) is 10.8. The number of halogens is 3. The fourth-order valence-electron chi connectivity index (χ4n) is 1.54. The average molecular weight is 372 g/mol. The summed E-state index contributed by atoms with van der Waals surface area (Å²) in [6.45, 7) is 0. The molecule has 0 aliphatic heterocycles. The lowest BCUT2D eigenvalue weighted by Gasteiger charge is -2.03. The second-order valence-corrected chi connectivity index (χ2v) is 5.33. The SMILES string of the molecule is O=C(N/N=C/c1cc(Cl)cc(Br)c1O)c1cccc(F)c1. The van der Waals surface area contributed by atoms with Gasteiger partial charge in [-0.2, -0.15) is 5.10 Å². The number of hydrogen-bond acceptors (Lipinski definition) is 3. The lowest BCUT2D eigenvalue weighted by atomic mass is 10.2. The number of carbonyl (C=O) groups is 1. The Bertz CT molecular complexity index is 722. The number of aromatic hydroxyl groups is 1. The minimum Gasteiger partial charge on any atom is -0.506 e. The van der Waals surface area contributed by atoms with Crippen LogP contribution in [0.5, 0.6) is 5.75 Å². The van der Waals surface area contributed by atoms with Gasteiger partial charge in [0.05, 0.1) is 10.7 Å². The zero-order valence-electron chi connectivity index (χ0n) is 10.5. The van der Waals surface area contributed by atoms with E-state index in [-0.39, 0.29) is 11.3 Å². The van der Waals surface area contributed by atoms with E-state index in [9.17, 15) is 14.3 Å². The molecule has 0 saturated carbocycles. The van der Waals surface area contributed by atoms with Crippen molar-refractivity contribution >= 4 is 39.7 Å². The summed E-state index contributed by atoms with van der Waals surface area (Å²) < 4.78 is 13.4. The molecule has 2 aromatic carbocycles. The maximum atomic E-state index is 13.0. The predicted molar refractivity (Wildman–Crippen MR) is 82.3 cm³/mol. The van der Waals surface area contributed by atoms with Crippen LogP contribution in [0.4, 0.5) is 4.39 Å². The van der Waals surface area contributed by atoms with Crippen LogP contribution in [-0.2, 0) is 0 Å². The topological polar surface area (TPSA) is 61.7 Å². The van der Waals surface area contributed by atoms with Crippen molar-refractivity contribution in [2.24, 2.45) is 5.10 Å². The zero-order valence-corrected chi connectivity index (χ0v) is 12.8. The number of amides is 1. The molecule has 0 heterocycles. The summed E-state index contributed by atoms with van der Waals surface area (Å²) in [5, 5.41) is 13.9. The van der Waals surface area contributed by atoms with Crippen molar-refractivity contribution in [1.29, 1.82) is 0 Å². The van der Waals surface area contributed by atoms with Crippen LogP contribution in [0.1, 0.15) is 15.9 Å². The van der Waals surface area contributed by atoms with Crippen LogP contribution in [0.3, 0.4) is 0 Å². The first-order valence-corrected chi connectivity index (χ1v) is 6.91. The highest BCUT2D eigenvalue weighted by Gasteiger charge is 2.07. The smallest absolute Gasteiger partial charge is 0.271 e. The molecule has 0 unspecified atom stereocenters. The number of carbonyl (C=O) groups excluding carboxylic acids is 1. The number of phenols is 1. The minimum atomic E-state index is -0.564. The third-order valence-corrected chi connectivity index (χ3v) is 3.34. The van der Waals surface area contributed by atoms with Gasteiger partial charge < -0.3 is 5.11 Å². The summed E-state index contributed by atoms with van der Waals surface area (Å²) in [4.78, 5) is 11.7.